The Kier molecular flexibility index (Phi) is 7.12. The van der Waals surface area contributed by atoms with Crippen molar-refractivity contribution in [3.05, 3.63) is 193 Å². The van der Waals surface area contributed by atoms with Gasteiger partial charge in [-0.2, -0.15) is 0 Å². The molecule has 0 saturated heterocycles. The fraction of sp³-hybridized carbons (Fsp3) is 0.0204. The molecule has 0 unspecified atom stereocenters. The first-order valence-electron chi connectivity index (χ1n) is 18.7. The zero-order chi connectivity index (χ0) is 35.6. The van der Waals surface area contributed by atoms with Gasteiger partial charge in [0.2, 0.25) is 0 Å². The number of allylic oxidation sites excluding steroid dienone is 1. The van der Waals surface area contributed by atoms with Crippen LogP contribution in [0.1, 0.15) is 11.1 Å². The molecule has 3 nitrogen and oxygen atoms in total. The summed E-state index contributed by atoms with van der Waals surface area (Å²) in [5, 5.41) is 2.28. The molecule has 3 heterocycles. The molecular weight excluding hydrogens is 656 g/mol. The third kappa shape index (κ3) is 4.93. The Morgan fingerprint density at radius 1 is 0.444 bits per heavy atom. The van der Waals surface area contributed by atoms with Gasteiger partial charge in [-0.05, 0) is 94.2 Å². The summed E-state index contributed by atoms with van der Waals surface area (Å²) >= 11 is 0. The second kappa shape index (κ2) is 12.5. The van der Waals surface area contributed by atoms with Crippen molar-refractivity contribution in [2.75, 3.05) is 4.90 Å². The maximum atomic E-state index is 7.12. The quantitative estimate of drug-likeness (QED) is 0.165. The van der Waals surface area contributed by atoms with Crippen molar-refractivity contribution in [2.45, 2.75) is 6.42 Å². The van der Waals surface area contributed by atoms with E-state index in [-0.39, 0.29) is 13.4 Å². The largest absolute Gasteiger partial charge is 0.471 e. The average molecular weight is 689 g/mol. The number of nitrogens with zero attached hydrogens (tertiary/aromatic N) is 1. The molecule has 0 fully saturated rings. The molecule has 5 heteroatoms. The van der Waals surface area contributed by atoms with Crippen molar-refractivity contribution >= 4 is 91.7 Å². The molecule has 0 saturated carbocycles. The SMILES string of the molecule is C1=Cc2cc3c4c(oc3cc2C1)B(c1ccc(-c2ccccc2)cc1)c1c(oc2ccccc12)B4c1ccc(N(c2ccccc2)c2ccccc2)cc1. The van der Waals surface area contributed by atoms with Crippen LogP contribution in [0.25, 0.3) is 39.1 Å². The topological polar surface area (TPSA) is 29.5 Å². The number of benzene rings is 7. The van der Waals surface area contributed by atoms with Gasteiger partial charge >= 0.3 is 0 Å². The summed E-state index contributed by atoms with van der Waals surface area (Å²) < 4.78 is 14.1. The van der Waals surface area contributed by atoms with E-state index < -0.39 is 0 Å². The van der Waals surface area contributed by atoms with Gasteiger partial charge in [0, 0.05) is 27.8 Å². The van der Waals surface area contributed by atoms with E-state index in [0.29, 0.717) is 0 Å². The van der Waals surface area contributed by atoms with Crippen LogP contribution in [0.4, 0.5) is 17.1 Å². The lowest BCUT2D eigenvalue weighted by atomic mass is 9.24. The fourth-order valence-corrected chi connectivity index (χ4v) is 8.81. The number of para-hydroxylation sites is 3. The predicted molar refractivity (Wildman–Crippen MR) is 227 cm³/mol. The molecular formula is C49H33B2NO2. The van der Waals surface area contributed by atoms with Crippen molar-refractivity contribution in [1.82, 2.24) is 0 Å². The van der Waals surface area contributed by atoms with Gasteiger partial charge in [-0.25, -0.2) is 0 Å². The van der Waals surface area contributed by atoms with Gasteiger partial charge in [-0.1, -0.05) is 144 Å². The number of fused-ring (bicyclic) bond motifs is 7. The molecule has 0 bridgehead atoms. The number of hydrogen-bond acceptors (Lipinski definition) is 3. The minimum Gasteiger partial charge on any atom is -0.471 e. The van der Waals surface area contributed by atoms with E-state index in [1.54, 1.807) is 0 Å². The van der Waals surface area contributed by atoms with Crippen molar-refractivity contribution < 1.29 is 8.83 Å². The monoisotopic (exact) mass is 689 g/mol. The molecule has 252 valence electrons. The van der Waals surface area contributed by atoms with Crippen LogP contribution in [-0.2, 0) is 6.42 Å². The Morgan fingerprint density at radius 3 is 1.63 bits per heavy atom. The normalized spacial score (nSPS) is 13.0. The minimum atomic E-state index is -0.164. The van der Waals surface area contributed by atoms with E-state index in [1.807, 2.05) is 0 Å². The minimum absolute atomic E-state index is 0.136. The lowest BCUT2D eigenvalue weighted by Crippen LogP contribution is -2.73. The maximum Gasteiger partial charge on any atom is 0.290 e. The van der Waals surface area contributed by atoms with Crippen LogP contribution < -0.4 is 38.1 Å². The van der Waals surface area contributed by atoms with Crippen LogP contribution in [0.15, 0.2) is 191 Å². The van der Waals surface area contributed by atoms with E-state index in [0.717, 1.165) is 62.2 Å². The molecule has 2 aliphatic rings. The molecule has 9 aromatic rings. The molecule has 0 radical (unpaired) electrons. The smallest absolute Gasteiger partial charge is 0.290 e. The molecule has 54 heavy (non-hydrogen) atoms. The summed E-state index contributed by atoms with van der Waals surface area (Å²) in [6.45, 7) is -0.300. The number of anilines is 3. The van der Waals surface area contributed by atoms with E-state index in [2.05, 4.69) is 193 Å². The van der Waals surface area contributed by atoms with Crippen LogP contribution in [0.3, 0.4) is 0 Å². The summed E-state index contributed by atoms with van der Waals surface area (Å²) in [5.41, 5.74) is 16.8. The average Bonchev–Trinajstić information content (AvgIpc) is 3.96. The highest BCUT2D eigenvalue weighted by Gasteiger charge is 2.46. The summed E-state index contributed by atoms with van der Waals surface area (Å²) in [5.74, 6) is 0. The van der Waals surface area contributed by atoms with Crippen LogP contribution >= 0.6 is 0 Å². The molecule has 7 aromatic carbocycles. The first kappa shape index (κ1) is 30.9. The maximum absolute atomic E-state index is 7.12. The molecule has 1 aliphatic heterocycles. The van der Waals surface area contributed by atoms with Crippen LogP contribution in [-0.4, -0.2) is 13.4 Å². The van der Waals surface area contributed by atoms with Gasteiger partial charge in [0.05, 0.1) is 11.3 Å². The predicted octanol–water partition coefficient (Wildman–Crippen LogP) is 8.23. The fourth-order valence-electron chi connectivity index (χ4n) is 8.81. The zero-order valence-corrected chi connectivity index (χ0v) is 29.5. The zero-order valence-electron chi connectivity index (χ0n) is 29.5. The van der Waals surface area contributed by atoms with Gasteiger partial charge in [-0.15, -0.1) is 0 Å². The van der Waals surface area contributed by atoms with E-state index >= 15 is 0 Å². The molecule has 1 aliphatic carbocycles. The Hall–Kier alpha value is -6.71. The summed E-state index contributed by atoms with van der Waals surface area (Å²) in [7, 11) is 0. The highest BCUT2D eigenvalue weighted by molar-refractivity contribution is 7.12. The Bertz CT molecular complexity index is 2800. The van der Waals surface area contributed by atoms with Crippen molar-refractivity contribution in [1.29, 1.82) is 0 Å². The molecule has 0 amide bonds. The van der Waals surface area contributed by atoms with Crippen LogP contribution in [0, 0.1) is 0 Å². The third-order valence-corrected chi connectivity index (χ3v) is 11.3. The van der Waals surface area contributed by atoms with Gasteiger partial charge in [0.1, 0.15) is 11.2 Å². The lowest BCUT2D eigenvalue weighted by Gasteiger charge is -2.27. The second-order valence-corrected chi connectivity index (χ2v) is 14.4. The first-order chi connectivity index (χ1) is 26.8. The summed E-state index contributed by atoms with van der Waals surface area (Å²) in [4.78, 5) is 2.31. The Morgan fingerprint density at radius 2 is 0.963 bits per heavy atom. The molecule has 2 aromatic heterocycles. The van der Waals surface area contributed by atoms with E-state index in [9.17, 15) is 0 Å². The van der Waals surface area contributed by atoms with Gasteiger partial charge in [-0.3, -0.25) is 0 Å². The molecule has 11 rings (SSSR count). The van der Waals surface area contributed by atoms with Crippen molar-refractivity contribution in [2.24, 2.45) is 0 Å². The highest BCUT2D eigenvalue weighted by atomic mass is 16.3. The van der Waals surface area contributed by atoms with Crippen LogP contribution in [0.2, 0.25) is 0 Å². The van der Waals surface area contributed by atoms with E-state index in [4.69, 9.17) is 8.83 Å². The number of furan rings is 2. The lowest BCUT2D eigenvalue weighted by molar-refractivity contribution is 0.647. The van der Waals surface area contributed by atoms with Gasteiger partial charge < -0.3 is 13.7 Å². The van der Waals surface area contributed by atoms with Crippen LogP contribution in [0.5, 0.6) is 0 Å². The van der Waals surface area contributed by atoms with E-state index in [1.165, 1.54) is 38.6 Å². The van der Waals surface area contributed by atoms with Gasteiger partial charge in [0.15, 0.2) is 0 Å². The highest BCUT2D eigenvalue weighted by Crippen LogP contribution is 2.34. The second-order valence-electron chi connectivity index (χ2n) is 14.4. The Labute approximate surface area is 315 Å². The van der Waals surface area contributed by atoms with Gasteiger partial charge in [0.25, 0.3) is 13.4 Å². The summed E-state index contributed by atoms with van der Waals surface area (Å²) in [6, 6.07) is 62.8. The number of hydrogen-bond donors (Lipinski definition) is 0. The Balaban J connectivity index is 1.12. The number of rotatable bonds is 6. The third-order valence-electron chi connectivity index (χ3n) is 11.3. The molecule has 0 atom stereocenters. The van der Waals surface area contributed by atoms with Crippen molar-refractivity contribution in [3.63, 3.8) is 0 Å². The molecule has 0 spiro atoms. The first-order valence-corrected chi connectivity index (χ1v) is 18.7. The standard InChI is InChI=1S/C49H33B2NO2/c1-4-13-33(14-5-1)34-23-25-37(26-24-34)50-46-42-21-10-11-22-44(42)53-48(46)51(47-43-31-35-15-12-16-36(35)32-45(43)54-49(47)50)38-27-29-41(30-28-38)52(39-17-6-2-7-18-39)40-19-8-3-9-20-40/h1-15,17-32H,16H2. The summed E-state index contributed by atoms with van der Waals surface area (Å²) in [6.07, 6.45) is 5.41. The van der Waals surface area contributed by atoms with Crippen molar-refractivity contribution in [3.8, 4) is 11.1 Å². The molecule has 0 N–H and O–H groups in total.